The molecule has 0 saturated carbocycles. The number of fused-ring (bicyclic) bond motifs is 2. The minimum atomic E-state index is -0.0434. The van der Waals surface area contributed by atoms with Crippen LogP contribution in [0.5, 0.6) is 0 Å². The van der Waals surface area contributed by atoms with Gasteiger partial charge in [0, 0.05) is 13.1 Å². The Labute approximate surface area is 68.2 Å². The van der Waals surface area contributed by atoms with Crippen LogP contribution in [0.1, 0.15) is 25.7 Å². The summed E-state index contributed by atoms with van der Waals surface area (Å²) in [6.45, 7) is 3.39. The Morgan fingerprint density at radius 2 is 2.00 bits per heavy atom. The second kappa shape index (κ2) is 3.11. The SMILES string of the molecule is OC1CCC2CCCN(C1)C2. The Hall–Kier alpha value is -0.0800. The van der Waals surface area contributed by atoms with Crippen LogP contribution in [0.4, 0.5) is 0 Å². The van der Waals surface area contributed by atoms with Gasteiger partial charge in [0.2, 0.25) is 0 Å². The fourth-order valence-corrected chi connectivity index (χ4v) is 2.37. The lowest BCUT2D eigenvalue weighted by molar-refractivity contribution is 0.112. The van der Waals surface area contributed by atoms with Crippen molar-refractivity contribution in [3.05, 3.63) is 0 Å². The first-order valence-electron chi connectivity index (χ1n) is 4.75. The third kappa shape index (κ3) is 1.74. The Bertz CT molecular complexity index is 136. The molecular weight excluding hydrogens is 138 g/mol. The van der Waals surface area contributed by atoms with Gasteiger partial charge in [0.15, 0.2) is 0 Å². The summed E-state index contributed by atoms with van der Waals surface area (Å²) in [4.78, 5) is 2.42. The summed E-state index contributed by atoms with van der Waals surface area (Å²) >= 11 is 0. The van der Waals surface area contributed by atoms with Crippen LogP contribution in [-0.2, 0) is 0 Å². The normalized spacial score (nSPS) is 45.0. The summed E-state index contributed by atoms with van der Waals surface area (Å²) in [5.41, 5.74) is 0. The van der Waals surface area contributed by atoms with E-state index in [2.05, 4.69) is 4.90 Å². The Balaban J connectivity index is 1.98. The number of aliphatic hydroxyl groups excluding tert-OH is 1. The molecule has 0 amide bonds. The molecule has 64 valence electrons. The number of aliphatic hydroxyl groups is 1. The zero-order chi connectivity index (χ0) is 7.68. The van der Waals surface area contributed by atoms with Crippen molar-refractivity contribution >= 4 is 0 Å². The summed E-state index contributed by atoms with van der Waals surface area (Å²) in [7, 11) is 0. The molecule has 2 bridgehead atoms. The van der Waals surface area contributed by atoms with Gasteiger partial charge in [-0.2, -0.15) is 0 Å². The minimum absolute atomic E-state index is 0.0434. The summed E-state index contributed by atoms with van der Waals surface area (Å²) < 4.78 is 0. The molecule has 11 heavy (non-hydrogen) atoms. The van der Waals surface area contributed by atoms with Gasteiger partial charge in [-0.15, -0.1) is 0 Å². The lowest BCUT2D eigenvalue weighted by Crippen LogP contribution is -2.36. The quantitative estimate of drug-likeness (QED) is 0.560. The minimum Gasteiger partial charge on any atom is -0.392 e. The lowest BCUT2D eigenvalue weighted by Gasteiger charge is -2.29. The van der Waals surface area contributed by atoms with E-state index in [9.17, 15) is 5.11 Å². The molecule has 0 spiro atoms. The number of nitrogens with zero attached hydrogens (tertiary/aromatic N) is 1. The van der Waals surface area contributed by atoms with Gasteiger partial charge in [0.25, 0.3) is 0 Å². The standard InChI is InChI=1S/C9H17NO/c11-9-4-3-8-2-1-5-10(6-8)7-9/h8-9,11H,1-7H2. The number of piperidine rings is 1. The summed E-state index contributed by atoms with van der Waals surface area (Å²) in [5.74, 6) is 0.890. The third-order valence-corrected chi connectivity index (χ3v) is 2.98. The maximum absolute atomic E-state index is 9.49. The average molecular weight is 155 g/mol. The van der Waals surface area contributed by atoms with E-state index in [0.29, 0.717) is 0 Å². The van der Waals surface area contributed by atoms with Crippen molar-refractivity contribution in [1.29, 1.82) is 0 Å². The molecule has 2 fully saturated rings. The predicted octanol–water partition coefficient (Wildman–Crippen LogP) is 0.853. The maximum atomic E-state index is 9.49. The summed E-state index contributed by atoms with van der Waals surface area (Å²) in [6, 6.07) is 0. The van der Waals surface area contributed by atoms with Crippen molar-refractivity contribution in [2.75, 3.05) is 19.6 Å². The van der Waals surface area contributed by atoms with Crippen molar-refractivity contribution in [2.24, 2.45) is 5.92 Å². The number of rotatable bonds is 0. The van der Waals surface area contributed by atoms with Crippen molar-refractivity contribution in [3.8, 4) is 0 Å². The van der Waals surface area contributed by atoms with E-state index < -0.39 is 0 Å². The van der Waals surface area contributed by atoms with Crippen LogP contribution in [0.3, 0.4) is 0 Å². The highest BCUT2D eigenvalue weighted by molar-refractivity contribution is 4.79. The van der Waals surface area contributed by atoms with E-state index in [4.69, 9.17) is 0 Å². The third-order valence-electron chi connectivity index (χ3n) is 2.98. The molecule has 0 radical (unpaired) electrons. The highest BCUT2D eigenvalue weighted by Crippen LogP contribution is 2.25. The van der Waals surface area contributed by atoms with E-state index >= 15 is 0 Å². The smallest absolute Gasteiger partial charge is 0.0667 e. The van der Waals surface area contributed by atoms with E-state index in [1.807, 2.05) is 0 Å². The summed E-state index contributed by atoms with van der Waals surface area (Å²) in [6.07, 6.45) is 4.97. The molecule has 2 heterocycles. The Morgan fingerprint density at radius 3 is 2.91 bits per heavy atom. The second-order valence-corrected chi connectivity index (χ2v) is 4.00. The van der Waals surface area contributed by atoms with Crippen LogP contribution < -0.4 is 0 Å². The largest absolute Gasteiger partial charge is 0.392 e. The molecule has 2 heteroatoms. The van der Waals surface area contributed by atoms with Gasteiger partial charge in [0.05, 0.1) is 6.10 Å². The molecule has 2 nitrogen and oxygen atoms in total. The Morgan fingerprint density at radius 1 is 1.09 bits per heavy atom. The zero-order valence-electron chi connectivity index (χ0n) is 7.00. The van der Waals surface area contributed by atoms with Gasteiger partial charge in [-0.3, -0.25) is 0 Å². The maximum Gasteiger partial charge on any atom is 0.0667 e. The van der Waals surface area contributed by atoms with Crippen LogP contribution in [0, 0.1) is 5.92 Å². The highest BCUT2D eigenvalue weighted by Gasteiger charge is 2.25. The molecule has 1 N–H and O–H groups in total. The van der Waals surface area contributed by atoms with Crippen LogP contribution in [0.15, 0.2) is 0 Å². The molecular formula is C9H17NO. The van der Waals surface area contributed by atoms with Crippen molar-refractivity contribution in [2.45, 2.75) is 31.8 Å². The van der Waals surface area contributed by atoms with Crippen LogP contribution >= 0.6 is 0 Å². The fourth-order valence-electron chi connectivity index (χ4n) is 2.37. The molecule has 0 aromatic heterocycles. The first kappa shape index (κ1) is 7.56. The molecule has 0 aromatic carbocycles. The van der Waals surface area contributed by atoms with Crippen LogP contribution in [-0.4, -0.2) is 35.7 Å². The van der Waals surface area contributed by atoms with Crippen molar-refractivity contribution in [1.82, 2.24) is 4.90 Å². The highest BCUT2D eigenvalue weighted by atomic mass is 16.3. The Kier molecular flexibility index (Phi) is 2.14. The molecule has 0 aliphatic carbocycles. The number of hydrogen-bond acceptors (Lipinski definition) is 2. The molecule has 3 atom stereocenters. The van der Waals surface area contributed by atoms with Crippen molar-refractivity contribution < 1.29 is 5.11 Å². The molecule has 2 aliphatic rings. The topological polar surface area (TPSA) is 23.5 Å². The average Bonchev–Trinajstić information content (AvgIpc) is 2.12. The van der Waals surface area contributed by atoms with Crippen LogP contribution in [0.2, 0.25) is 0 Å². The van der Waals surface area contributed by atoms with E-state index in [0.717, 1.165) is 18.9 Å². The molecule has 0 aromatic rings. The monoisotopic (exact) mass is 155 g/mol. The fraction of sp³-hybridized carbons (Fsp3) is 1.00. The molecule has 2 aliphatic heterocycles. The first-order valence-corrected chi connectivity index (χ1v) is 4.75. The first-order chi connectivity index (χ1) is 5.34. The van der Waals surface area contributed by atoms with Gasteiger partial charge < -0.3 is 10.0 Å². The van der Waals surface area contributed by atoms with E-state index in [1.54, 1.807) is 0 Å². The second-order valence-electron chi connectivity index (χ2n) is 4.00. The van der Waals surface area contributed by atoms with Crippen LogP contribution in [0.25, 0.3) is 0 Å². The van der Waals surface area contributed by atoms with Gasteiger partial charge in [0.1, 0.15) is 0 Å². The van der Waals surface area contributed by atoms with Gasteiger partial charge in [-0.25, -0.2) is 0 Å². The molecule has 2 saturated heterocycles. The van der Waals surface area contributed by atoms with Crippen molar-refractivity contribution in [3.63, 3.8) is 0 Å². The van der Waals surface area contributed by atoms with Gasteiger partial charge >= 0.3 is 0 Å². The lowest BCUT2D eigenvalue weighted by atomic mass is 9.95. The predicted molar refractivity (Wildman–Crippen MR) is 44.4 cm³/mol. The van der Waals surface area contributed by atoms with E-state index in [1.165, 1.54) is 32.4 Å². The van der Waals surface area contributed by atoms with Gasteiger partial charge in [-0.05, 0) is 38.1 Å². The summed E-state index contributed by atoms with van der Waals surface area (Å²) in [5, 5.41) is 9.49. The molecule has 2 rings (SSSR count). The molecule has 3 unspecified atom stereocenters. The zero-order valence-corrected chi connectivity index (χ0v) is 7.00. The number of hydrogen-bond donors (Lipinski definition) is 1. The van der Waals surface area contributed by atoms with Gasteiger partial charge in [-0.1, -0.05) is 0 Å². The van der Waals surface area contributed by atoms with E-state index in [-0.39, 0.29) is 6.10 Å².